The van der Waals surface area contributed by atoms with Crippen LogP contribution in [0.1, 0.15) is 4.88 Å². The summed E-state index contributed by atoms with van der Waals surface area (Å²) < 4.78 is 0.522. The van der Waals surface area contributed by atoms with Gasteiger partial charge >= 0.3 is 5.97 Å². The number of amides is 1. The van der Waals surface area contributed by atoms with Gasteiger partial charge in [-0.3, -0.25) is 9.59 Å². The Kier molecular flexibility index (Phi) is 4.88. The average molecular weight is 315 g/mol. The van der Waals surface area contributed by atoms with Crippen molar-refractivity contribution in [1.82, 2.24) is 10.2 Å². The van der Waals surface area contributed by atoms with Crippen molar-refractivity contribution in [2.75, 3.05) is 11.1 Å². The number of nitrogens with one attached hydrogen (secondary N) is 1. The quantitative estimate of drug-likeness (QED) is 0.625. The molecule has 0 fully saturated rings. The highest BCUT2D eigenvalue weighted by Crippen LogP contribution is 2.25. The number of aromatic nitrogens is 2. The minimum absolute atomic E-state index is 0.0717. The van der Waals surface area contributed by atoms with Crippen LogP contribution in [0.5, 0.6) is 0 Å². The molecule has 0 unspecified atom stereocenters. The van der Waals surface area contributed by atoms with E-state index in [1.165, 1.54) is 11.3 Å². The van der Waals surface area contributed by atoms with Crippen molar-refractivity contribution in [2.45, 2.75) is 10.8 Å². The average Bonchev–Trinajstić information content (AvgIpc) is 2.98. The Morgan fingerprint density at radius 2 is 2.26 bits per heavy atom. The summed E-state index contributed by atoms with van der Waals surface area (Å²) in [5.41, 5.74) is 0. The third-order valence-corrected chi connectivity index (χ3v) is 4.72. The highest BCUT2D eigenvalue weighted by Gasteiger charge is 2.10. The first-order valence-corrected chi connectivity index (χ1v) is 7.82. The van der Waals surface area contributed by atoms with Crippen LogP contribution in [0.3, 0.4) is 0 Å². The monoisotopic (exact) mass is 315 g/mol. The second kappa shape index (κ2) is 6.64. The summed E-state index contributed by atoms with van der Waals surface area (Å²) in [5.74, 6) is -1.14. The van der Waals surface area contributed by atoms with Crippen molar-refractivity contribution in [3.63, 3.8) is 0 Å². The van der Waals surface area contributed by atoms with E-state index in [1.54, 1.807) is 0 Å². The van der Waals surface area contributed by atoms with Crippen LogP contribution in [0, 0.1) is 0 Å². The molecule has 0 aromatic carbocycles. The molecule has 9 heteroatoms. The number of nitrogens with zero attached hydrogens (tertiary/aromatic N) is 2. The summed E-state index contributed by atoms with van der Waals surface area (Å²) in [6.45, 7) is 0. The van der Waals surface area contributed by atoms with E-state index in [0.717, 1.165) is 28.0 Å². The van der Waals surface area contributed by atoms with Crippen molar-refractivity contribution in [2.24, 2.45) is 0 Å². The molecule has 0 radical (unpaired) electrons. The van der Waals surface area contributed by atoms with E-state index in [4.69, 9.17) is 5.11 Å². The molecular weight excluding hydrogens is 306 g/mol. The summed E-state index contributed by atoms with van der Waals surface area (Å²) in [7, 11) is 0. The maximum absolute atomic E-state index is 11.7. The Hall–Kier alpha value is -1.45. The molecule has 2 aromatic rings. The molecule has 100 valence electrons. The number of aliphatic carboxylic acids is 1. The third-order valence-electron chi connectivity index (χ3n) is 1.89. The number of carbonyl (C=O) groups excluding carboxylic acids is 1. The van der Waals surface area contributed by atoms with Crippen LogP contribution in [0.15, 0.2) is 21.9 Å². The van der Waals surface area contributed by atoms with Gasteiger partial charge in [0, 0.05) is 4.88 Å². The first-order valence-electron chi connectivity index (χ1n) is 5.14. The minimum atomic E-state index is -0.913. The number of thioether (sulfide) groups is 1. The first kappa shape index (κ1) is 14.0. The molecule has 6 nitrogen and oxygen atoms in total. The maximum atomic E-state index is 11.7. The number of rotatable bonds is 6. The van der Waals surface area contributed by atoms with Crippen molar-refractivity contribution in [3.8, 4) is 0 Å². The Labute approximate surface area is 120 Å². The van der Waals surface area contributed by atoms with Crippen LogP contribution in [-0.2, 0) is 16.0 Å². The number of thiophene rings is 1. The zero-order valence-electron chi connectivity index (χ0n) is 9.53. The zero-order chi connectivity index (χ0) is 13.7. The summed E-state index contributed by atoms with van der Waals surface area (Å²) in [5, 5.41) is 21.1. The fraction of sp³-hybridized carbons (Fsp3) is 0.200. The lowest BCUT2D eigenvalue weighted by Gasteiger charge is -1.98. The van der Waals surface area contributed by atoms with E-state index in [9.17, 15) is 9.59 Å². The topological polar surface area (TPSA) is 92.2 Å². The minimum Gasteiger partial charge on any atom is -0.481 e. The summed E-state index contributed by atoms with van der Waals surface area (Å²) in [4.78, 5) is 23.1. The number of hydrogen-bond donors (Lipinski definition) is 2. The van der Waals surface area contributed by atoms with Crippen LogP contribution in [0.25, 0.3) is 0 Å². The smallest absolute Gasteiger partial charge is 0.313 e. The molecule has 0 aliphatic rings. The molecular formula is C10H9N3O3S3. The number of carboxylic acid groups (broad SMARTS) is 1. The SMILES string of the molecule is O=C(O)CSc1nnc(NC(=O)Cc2cccs2)s1. The van der Waals surface area contributed by atoms with Gasteiger partial charge in [0.05, 0.1) is 12.2 Å². The predicted molar refractivity (Wildman–Crippen MR) is 74.9 cm³/mol. The van der Waals surface area contributed by atoms with Crippen molar-refractivity contribution < 1.29 is 14.7 Å². The van der Waals surface area contributed by atoms with E-state index >= 15 is 0 Å². The third kappa shape index (κ3) is 4.62. The van der Waals surface area contributed by atoms with E-state index in [-0.39, 0.29) is 11.7 Å². The molecule has 2 heterocycles. The van der Waals surface area contributed by atoms with Crippen molar-refractivity contribution in [3.05, 3.63) is 22.4 Å². The molecule has 0 aliphatic carbocycles. The van der Waals surface area contributed by atoms with Gasteiger partial charge in [0.15, 0.2) is 4.34 Å². The van der Waals surface area contributed by atoms with Gasteiger partial charge < -0.3 is 10.4 Å². The molecule has 2 rings (SSSR count). The van der Waals surface area contributed by atoms with Crippen LogP contribution >= 0.6 is 34.4 Å². The van der Waals surface area contributed by atoms with Gasteiger partial charge in [-0.1, -0.05) is 29.2 Å². The largest absolute Gasteiger partial charge is 0.481 e. The number of carbonyl (C=O) groups is 2. The lowest BCUT2D eigenvalue weighted by Crippen LogP contribution is -2.13. The van der Waals surface area contributed by atoms with Gasteiger partial charge in [-0.15, -0.1) is 21.5 Å². The van der Waals surface area contributed by atoms with Gasteiger partial charge in [-0.05, 0) is 11.4 Å². The summed E-state index contributed by atoms with van der Waals surface area (Å²) >= 11 is 3.76. The summed E-state index contributed by atoms with van der Waals surface area (Å²) in [6.07, 6.45) is 0.300. The molecule has 0 saturated heterocycles. The van der Waals surface area contributed by atoms with Gasteiger partial charge in [-0.25, -0.2) is 0 Å². The Balaban J connectivity index is 1.85. The van der Waals surface area contributed by atoms with Crippen LogP contribution in [0.4, 0.5) is 5.13 Å². The second-order valence-corrected chi connectivity index (χ2v) is 6.59. The van der Waals surface area contributed by atoms with E-state index in [2.05, 4.69) is 15.5 Å². The van der Waals surface area contributed by atoms with Crippen LogP contribution in [-0.4, -0.2) is 32.9 Å². The predicted octanol–water partition coefficient (Wildman–Crippen LogP) is 1.96. The molecule has 0 aliphatic heterocycles. The highest BCUT2D eigenvalue weighted by molar-refractivity contribution is 8.01. The van der Waals surface area contributed by atoms with E-state index in [0.29, 0.717) is 15.9 Å². The standard InChI is InChI=1S/C10H9N3O3S3/c14-7(4-6-2-1-3-17-6)11-9-12-13-10(19-9)18-5-8(15)16/h1-3H,4-5H2,(H,15,16)(H,11,12,14). The molecule has 1 amide bonds. The van der Waals surface area contributed by atoms with Gasteiger partial charge in [0.25, 0.3) is 0 Å². The first-order chi connectivity index (χ1) is 9.13. The number of carboxylic acids is 1. The maximum Gasteiger partial charge on any atom is 0.313 e. The van der Waals surface area contributed by atoms with Gasteiger partial charge in [0.1, 0.15) is 0 Å². The fourth-order valence-corrected chi connectivity index (χ4v) is 3.37. The van der Waals surface area contributed by atoms with Crippen LogP contribution in [0.2, 0.25) is 0 Å². The number of anilines is 1. The number of hydrogen-bond acceptors (Lipinski definition) is 7. The molecule has 19 heavy (non-hydrogen) atoms. The lowest BCUT2D eigenvalue weighted by atomic mass is 10.3. The molecule has 0 spiro atoms. The Morgan fingerprint density at radius 3 is 2.95 bits per heavy atom. The molecule has 2 aromatic heterocycles. The van der Waals surface area contributed by atoms with E-state index in [1.807, 2.05) is 17.5 Å². The van der Waals surface area contributed by atoms with E-state index < -0.39 is 5.97 Å². The Morgan fingerprint density at radius 1 is 1.42 bits per heavy atom. The summed E-state index contributed by atoms with van der Waals surface area (Å²) in [6, 6.07) is 3.78. The van der Waals surface area contributed by atoms with Crippen LogP contribution < -0.4 is 5.32 Å². The molecule has 0 saturated carbocycles. The lowest BCUT2D eigenvalue weighted by molar-refractivity contribution is -0.133. The van der Waals surface area contributed by atoms with Gasteiger partial charge in [0.2, 0.25) is 11.0 Å². The Bertz CT molecular complexity index is 568. The molecule has 2 N–H and O–H groups in total. The molecule has 0 bridgehead atoms. The van der Waals surface area contributed by atoms with Gasteiger partial charge in [-0.2, -0.15) is 0 Å². The van der Waals surface area contributed by atoms with Crippen molar-refractivity contribution in [1.29, 1.82) is 0 Å². The fourth-order valence-electron chi connectivity index (χ4n) is 1.18. The van der Waals surface area contributed by atoms with Crippen molar-refractivity contribution >= 4 is 51.4 Å². The zero-order valence-corrected chi connectivity index (χ0v) is 12.0. The normalized spacial score (nSPS) is 10.3. The highest BCUT2D eigenvalue weighted by atomic mass is 32.2. The molecule has 0 atom stereocenters. The second-order valence-electron chi connectivity index (χ2n) is 3.36.